The predicted molar refractivity (Wildman–Crippen MR) is 231 cm³/mol. The summed E-state index contributed by atoms with van der Waals surface area (Å²) >= 11 is 13.5. The van der Waals surface area contributed by atoms with Gasteiger partial charge in [-0.1, -0.05) is 29.3 Å². The summed E-state index contributed by atoms with van der Waals surface area (Å²) in [6.45, 7) is 11.2. The standard InChI is InChI=1S/C45H47Cl2N7O6/c1-26-21-32(22-27(2)40(26)47)59-19-6-9-33-34-11-12-35(46)39(38-28(3)49-50(5)29(38)4)41(34)54-14-8-13-53(44(56)42(33)54)25-31-23-30(45(57)58)24-37(48-31)51-15-17-52(18-16-51)43(55)36-10-7-20-60-36/h7,10-12,20-24H,6,8-9,13-19,25H2,1-5H3,(H,57,58). The predicted octanol–water partition coefficient (Wildman–Crippen LogP) is 8.29. The molecule has 1 saturated heterocycles. The van der Waals surface area contributed by atoms with Crippen molar-refractivity contribution in [2.45, 2.75) is 60.0 Å². The number of halogens is 2. The van der Waals surface area contributed by atoms with E-state index >= 15 is 4.79 Å². The summed E-state index contributed by atoms with van der Waals surface area (Å²) in [5.74, 6) is 0.0581. The zero-order valence-electron chi connectivity index (χ0n) is 34.3. The van der Waals surface area contributed by atoms with Gasteiger partial charge in [-0.2, -0.15) is 5.10 Å². The highest BCUT2D eigenvalue weighted by molar-refractivity contribution is 6.35. The van der Waals surface area contributed by atoms with E-state index in [0.29, 0.717) is 87.4 Å². The molecule has 2 aliphatic rings. The molecule has 4 aromatic heterocycles. The lowest BCUT2D eigenvalue weighted by Gasteiger charge is -2.35. The number of fused-ring (bicyclic) bond motifs is 3. The van der Waals surface area contributed by atoms with Crippen LogP contribution in [0.25, 0.3) is 22.0 Å². The molecule has 2 aromatic carbocycles. The monoisotopic (exact) mass is 851 g/mol. The third-order valence-corrected chi connectivity index (χ3v) is 12.6. The van der Waals surface area contributed by atoms with Gasteiger partial charge in [0, 0.05) is 73.5 Å². The summed E-state index contributed by atoms with van der Waals surface area (Å²) < 4.78 is 15.5. The molecule has 0 aliphatic carbocycles. The lowest BCUT2D eigenvalue weighted by molar-refractivity contribution is 0.0694. The number of pyridine rings is 1. The van der Waals surface area contributed by atoms with Gasteiger partial charge < -0.3 is 33.5 Å². The van der Waals surface area contributed by atoms with Crippen LogP contribution in [0, 0.1) is 27.7 Å². The Morgan fingerprint density at radius 2 is 1.68 bits per heavy atom. The number of aromatic carboxylic acids is 1. The molecule has 312 valence electrons. The number of hydrogen-bond donors (Lipinski definition) is 1. The van der Waals surface area contributed by atoms with E-state index in [4.69, 9.17) is 42.4 Å². The maximum Gasteiger partial charge on any atom is 0.335 e. The number of carbonyl (C=O) groups is 3. The molecule has 60 heavy (non-hydrogen) atoms. The van der Waals surface area contributed by atoms with E-state index in [2.05, 4.69) is 4.57 Å². The van der Waals surface area contributed by atoms with Gasteiger partial charge in [0.05, 0.1) is 46.9 Å². The Kier molecular flexibility index (Phi) is 11.4. The number of carbonyl (C=O) groups excluding carboxylic acids is 2. The van der Waals surface area contributed by atoms with Crippen molar-refractivity contribution >= 4 is 57.7 Å². The molecule has 8 rings (SSSR count). The van der Waals surface area contributed by atoms with Gasteiger partial charge in [0.15, 0.2) is 5.76 Å². The molecule has 0 bridgehead atoms. The molecule has 13 nitrogen and oxygen atoms in total. The Morgan fingerprint density at radius 3 is 2.35 bits per heavy atom. The SMILES string of the molecule is Cc1cc(OCCCc2c3n(c4c(-c5c(C)nn(C)c5C)c(Cl)ccc24)CCCN(Cc2cc(C(=O)O)cc(N4CCN(C(=O)c5ccco5)CC4)n2)C3=O)cc(C)c1Cl. The number of piperazine rings is 1. The third-order valence-electron chi connectivity index (χ3n) is 11.7. The molecular weight excluding hydrogens is 805 g/mol. The van der Waals surface area contributed by atoms with Crippen molar-refractivity contribution < 1.29 is 28.6 Å². The first-order valence-electron chi connectivity index (χ1n) is 20.2. The molecule has 0 atom stereocenters. The average molecular weight is 853 g/mol. The van der Waals surface area contributed by atoms with Crippen molar-refractivity contribution in [1.29, 1.82) is 0 Å². The molecule has 15 heteroatoms. The number of carboxylic acid groups (broad SMARTS) is 1. The highest BCUT2D eigenvalue weighted by Gasteiger charge is 2.33. The van der Waals surface area contributed by atoms with Gasteiger partial charge in [-0.05, 0) is 106 Å². The zero-order valence-corrected chi connectivity index (χ0v) is 35.9. The Hall–Kier alpha value is -5.79. The van der Waals surface area contributed by atoms with E-state index in [1.54, 1.807) is 34.1 Å². The van der Waals surface area contributed by atoms with Crippen molar-refractivity contribution in [3.8, 4) is 16.9 Å². The van der Waals surface area contributed by atoms with Crippen LogP contribution >= 0.6 is 23.2 Å². The van der Waals surface area contributed by atoms with Crippen molar-refractivity contribution in [2.24, 2.45) is 7.05 Å². The van der Waals surface area contributed by atoms with Gasteiger partial charge in [0.2, 0.25) is 0 Å². The molecule has 0 unspecified atom stereocenters. The van der Waals surface area contributed by atoms with Crippen LogP contribution in [0.15, 0.2) is 59.2 Å². The average Bonchev–Trinajstić information content (AvgIpc) is 3.91. The van der Waals surface area contributed by atoms with Crippen molar-refractivity contribution in [1.82, 2.24) is 29.1 Å². The number of aromatic nitrogens is 4. The van der Waals surface area contributed by atoms with Crippen LogP contribution in [0.3, 0.4) is 0 Å². The molecule has 2 aliphatic heterocycles. The van der Waals surface area contributed by atoms with Gasteiger partial charge in [0.25, 0.3) is 11.8 Å². The van der Waals surface area contributed by atoms with Gasteiger partial charge >= 0.3 is 5.97 Å². The number of hydrogen-bond acceptors (Lipinski definition) is 8. The molecule has 6 aromatic rings. The fourth-order valence-corrected chi connectivity index (χ4v) is 9.02. The van der Waals surface area contributed by atoms with Gasteiger partial charge in [-0.15, -0.1) is 0 Å². The van der Waals surface area contributed by atoms with Crippen molar-refractivity contribution in [3.63, 3.8) is 0 Å². The van der Waals surface area contributed by atoms with Gasteiger partial charge in [-0.25, -0.2) is 9.78 Å². The molecular formula is C45H47Cl2N7O6. The van der Waals surface area contributed by atoms with Crippen molar-refractivity contribution in [3.05, 3.63) is 116 Å². The molecule has 0 spiro atoms. The van der Waals surface area contributed by atoms with Crippen LogP contribution in [0.1, 0.15) is 78.0 Å². The first-order chi connectivity index (χ1) is 28.8. The lowest BCUT2D eigenvalue weighted by Crippen LogP contribution is -2.49. The summed E-state index contributed by atoms with van der Waals surface area (Å²) in [7, 11) is 1.91. The Bertz CT molecular complexity index is 2620. The second-order valence-electron chi connectivity index (χ2n) is 15.6. The first-order valence-corrected chi connectivity index (χ1v) is 20.9. The van der Waals surface area contributed by atoms with E-state index in [9.17, 15) is 14.7 Å². The minimum Gasteiger partial charge on any atom is -0.494 e. The number of furan rings is 1. The van der Waals surface area contributed by atoms with Crippen LogP contribution in [0.2, 0.25) is 10.0 Å². The number of benzene rings is 2. The third kappa shape index (κ3) is 7.72. The number of ether oxygens (including phenoxy) is 1. The van der Waals surface area contributed by atoms with Crippen LogP contribution < -0.4 is 9.64 Å². The summed E-state index contributed by atoms with van der Waals surface area (Å²) in [6, 6.07) is 14.2. The fraction of sp³-hybridized carbons (Fsp3) is 0.356. The highest BCUT2D eigenvalue weighted by atomic mass is 35.5. The van der Waals surface area contributed by atoms with Crippen LogP contribution in [-0.2, 0) is 26.6 Å². The fourth-order valence-electron chi connectivity index (χ4n) is 8.67. The normalized spacial score (nSPS) is 14.5. The summed E-state index contributed by atoms with van der Waals surface area (Å²) in [5, 5.41) is 17.1. The number of anilines is 1. The van der Waals surface area contributed by atoms with Crippen molar-refractivity contribution in [2.75, 3.05) is 44.2 Å². The van der Waals surface area contributed by atoms with Gasteiger partial charge in [-0.3, -0.25) is 14.3 Å². The summed E-state index contributed by atoms with van der Waals surface area (Å²) in [5.41, 5.74) is 8.41. The summed E-state index contributed by atoms with van der Waals surface area (Å²) in [4.78, 5) is 50.8. The number of rotatable bonds is 11. The molecule has 6 heterocycles. The van der Waals surface area contributed by atoms with E-state index < -0.39 is 5.97 Å². The van der Waals surface area contributed by atoms with Gasteiger partial charge in [0.1, 0.15) is 17.3 Å². The van der Waals surface area contributed by atoms with E-state index in [1.807, 2.05) is 68.6 Å². The summed E-state index contributed by atoms with van der Waals surface area (Å²) in [6.07, 6.45) is 3.31. The molecule has 0 radical (unpaired) electrons. The number of amides is 2. The topological polar surface area (TPSA) is 139 Å². The lowest BCUT2D eigenvalue weighted by atomic mass is 9.98. The molecule has 2 amide bonds. The largest absolute Gasteiger partial charge is 0.494 e. The number of carboxylic acids is 1. The van der Waals surface area contributed by atoms with Crippen LogP contribution in [0.5, 0.6) is 5.75 Å². The van der Waals surface area contributed by atoms with E-state index in [1.165, 1.54) is 6.26 Å². The number of aryl methyl sites for hydroxylation is 6. The minimum atomic E-state index is -1.09. The zero-order chi connectivity index (χ0) is 42.4. The highest BCUT2D eigenvalue weighted by Crippen LogP contribution is 2.43. The van der Waals surface area contributed by atoms with Crippen LogP contribution in [0.4, 0.5) is 5.82 Å². The van der Waals surface area contributed by atoms with E-state index in [-0.39, 0.29) is 29.7 Å². The number of nitrogens with zero attached hydrogens (tertiary/aromatic N) is 7. The molecule has 1 fully saturated rings. The molecule has 1 N–H and O–H groups in total. The Balaban J connectivity index is 1.12. The Labute approximate surface area is 358 Å². The second-order valence-corrected chi connectivity index (χ2v) is 16.4. The minimum absolute atomic E-state index is 0.0775. The second kappa shape index (κ2) is 16.7. The maximum absolute atomic E-state index is 15.1. The maximum atomic E-state index is 15.1. The quantitative estimate of drug-likeness (QED) is 0.128. The molecule has 0 saturated carbocycles. The smallest absolute Gasteiger partial charge is 0.335 e. The van der Waals surface area contributed by atoms with Crippen LogP contribution in [-0.4, -0.2) is 91.4 Å². The van der Waals surface area contributed by atoms with E-state index in [0.717, 1.165) is 60.9 Å². The Morgan fingerprint density at radius 1 is 0.933 bits per heavy atom. The first kappa shape index (κ1) is 41.0.